The molecule has 124 valence electrons. The average Bonchev–Trinajstić information content (AvgIpc) is 2.53. The number of anilines is 1. The van der Waals surface area contributed by atoms with Gasteiger partial charge in [-0.2, -0.15) is 0 Å². The zero-order valence-electron chi connectivity index (χ0n) is 14.4. The molecule has 0 aromatic heterocycles. The molecule has 0 aliphatic carbocycles. The SMILES string of the molecule is CCC(Nc1cccc(CN2CCC(CO)CC2)c1)C(C)C. The normalized spacial score (nSPS) is 18.6. The molecule has 2 N–H and O–H groups in total. The van der Waals surface area contributed by atoms with Gasteiger partial charge in [-0.05, 0) is 61.9 Å². The highest BCUT2D eigenvalue weighted by molar-refractivity contribution is 5.46. The van der Waals surface area contributed by atoms with Gasteiger partial charge in [-0.15, -0.1) is 0 Å². The van der Waals surface area contributed by atoms with Crippen molar-refractivity contribution in [3.8, 4) is 0 Å². The van der Waals surface area contributed by atoms with Gasteiger partial charge >= 0.3 is 0 Å². The zero-order chi connectivity index (χ0) is 15.9. The minimum absolute atomic E-state index is 0.348. The predicted octanol–water partition coefficient (Wildman–Crippen LogP) is 3.74. The molecular weight excluding hydrogens is 272 g/mol. The third kappa shape index (κ3) is 4.99. The fraction of sp³-hybridized carbons (Fsp3) is 0.684. The van der Waals surface area contributed by atoms with E-state index in [0.29, 0.717) is 24.5 Å². The largest absolute Gasteiger partial charge is 0.396 e. The van der Waals surface area contributed by atoms with E-state index in [-0.39, 0.29) is 0 Å². The smallest absolute Gasteiger partial charge is 0.0460 e. The molecule has 0 radical (unpaired) electrons. The van der Waals surface area contributed by atoms with Gasteiger partial charge in [-0.1, -0.05) is 32.9 Å². The van der Waals surface area contributed by atoms with E-state index in [2.05, 4.69) is 55.3 Å². The molecule has 3 nitrogen and oxygen atoms in total. The van der Waals surface area contributed by atoms with E-state index in [4.69, 9.17) is 0 Å². The van der Waals surface area contributed by atoms with Crippen LogP contribution < -0.4 is 5.32 Å². The summed E-state index contributed by atoms with van der Waals surface area (Å²) in [5, 5.41) is 12.9. The molecule has 1 heterocycles. The number of piperidine rings is 1. The van der Waals surface area contributed by atoms with Crippen LogP contribution in [0.1, 0.15) is 45.6 Å². The Morgan fingerprint density at radius 1 is 1.27 bits per heavy atom. The van der Waals surface area contributed by atoms with Gasteiger partial charge in [0, 0.05) is 24.9 Å². The highest BCUT2D eigenvalue weighted by atomic mass is 16.3. The number of aliphatic hydroxyl groups excluding tert-OH is 1. The predicted molar refractivity (Wildman–Crippen MR) is 94.1 cm³/mol. The Morgan fingerprint density at radius 3 is 2.59 bits per heavy atom. The van der Waals surface area contributed by atoms with Gasteiger partial charge in [0.25, 0.3) is 0 Å². The standard InChI is InChI=1S/C19H32N2O/c1-4-19(15(2)3)20-18-7-5-6-17(12-18)13-21-10-8-16(14-22)9-11-21/h5-7,12,15-16,19-20,22H,4,8-11,13-14H2,1-3H3. The van der Waals surface area contributed by atoms with E-state index in [1.807, 2.05) is 0 Å². The van der Waals surface area contributed by atoms with Crippen LogP contribution in [0.2, 0.25) is 0 Å². The number of rotatable bonds is 7. The molecule has 3 heteroatoms. The number of hydrogen-bond acceptors (Lipinski definition) is 3. The van der Waals surface area contributed by atoms with Crippen molar-refractivity contribution in [3.05, 3.63) is 29.8 Å². The van der Waals surface area contributed by atoms with Gasteiger partial charge in [0.1, 0.15) is 0 Å². The van der Waals surface area contributed by atoms with Crippen molar-refractivity contribution in [2.75, 3.05) is 25.0 Å². The lowest BCUT2D eigenvalue weighted by molar-refractivity contribution is 0.127. The summed E-state index contributed by atoms with van der Waals surface area (Å²) < 4.78 is 0. The van der Waals surface area contributed by atoms with Crippen molar-refractivity contribution in [1.82, 2.24) is 4.90 Å². The summed E-state index contributed by atoms with van der Waals surface area (Å²) in [4.78, 5) is 2.50. The number of hydrogen-bond donors (Lipinski definition) is 2. The fourth-order valence-electron chi connectivity index (χ4n) is 3.30. The van der Waals surface area contributed by atoms with Gasteiger partial charge in [0.2, 0.25) is 0 Å². The zero-order valence-corrected chi connectivity index (χ0v) is 14.4. The Kier molecular flexibility index (Phi) is 6.71. The lowest BCUT2D eigenvalue weighted by Crippen LogP contribution is -2.34. The summed E-state index contributed by atoms with van der Waals surface area (Å²) in [6.45, 7) is 10.4. The molecule has 1 aromatic carbocycles. The van der Waals surface area contributed by atoms with Crippen LogP contribution in [-0.4, -0.2) is 35.7 Å². The summed E-state index contributed by atoms with van der Waals surface area (Å²) in [6.07, 6.45) is 3.40. The monoisotopic (exact) mass is 304 g/mol. The van der Waals surface area contributed by atoms with E-state index in [9.17, 15) is 5.11 Å². The van der Waals surface area contributed by atoms with Crippen LogP contribution in [-0.2, 0) is 6.54 Å². The van der Waals surface area contributed by atoms with E-state index in [0.717, 1.165) is 38.9 Å². The maximum Gasteiger partial charge on any atom is 0.0460 e. The average molecular weight is 304 g/mol. The summed E-state index contributed by atoms with van der Waals surface area (Å²) >= 11 is 0. The first-order valence-corrected chi connectivity index (χ1v) is 8.81. The minimum Gasteiger partial charge on any atom is -0.396 e. The van der Waals surface area contributed by atoms with Crippen LogP contribution in [0.3, 0.4) is 0 Å². The first-order chi connectivity index (χ1) is 10.6. The molecular formula is C19H32N2O. The van der Waals surface area contributed by atoms with E-state index >= 15 is 0 Å². The molecule has 1 aromatic rings. The van der Waals surface area contributed by atoms with E-state index in [1.54, 1.807) is 0 Å². The first kappa shape index (κ1) is 17.3. The Balaban J connectivity index is 1.91. The van der Waals surface area contributed by atoms with Crippen LogP contribution in [0.15, 0.2) is 24.3 Å². The second-order valence-electron chi connectivity index (χ2n) is 7.01. The van der Waals surface area contributed by atoms with Gasteiger partial charge < -0.3 is 10.4 Å². The molecule has 0 saturated carbocycles. The molecule has 1 aliphatic heterocycles. The van der Waals surface area contributed by atoms with Gasteiger partial charge in [0.05, 0.1) is 0 Å². The number of aliphatic hydroxyl groups is 1. The lowest BCUT2D eigenvalue weighted by Gasteiger charge is -2.31. The van der Waals surface area contributed by atoms with Gasteiger partial charge in [-0.3, -0.25) is 4.90 Å². The molecule has 2 rings (SSSR count). The van der Waals surface area contributed by atoms with Crippen LogP contribution in [0, 0.1) is 11.8 Å². The molecule has 0 bridgehead atoms. The van der Waals surface area contributed by atoms with Crippen molar-refractivity contribution in [3.63, 3.8) is 0 Å². The van der Waals surface area contributed by atoms with Crippen molar-refractivity contribution in [2.24, 2.45) is 11.8 Å². The van der Waals surface area contributed by atoms with E-state index in [1.165, 1.54) is 11.3 Å². The molecule has 22 heavy (non-hydrogen) atoms. The third-order valence-electron chi connectivity index (χ3n) is 4.90. The molecule has 1 fully saturated rings. The summed E-state index contributed by atoms with van der Waals surface area (Å²) in [5.74, 6) is 1.16. The summed E-state index contributed by atoms with van der Waals surface area (Å²) in [5.41, 5.74) is 2.62. The summed E-state index contributed by atoms with van der Waals surface area (Å²) in [6, 6.07) is 9.39. The Labute approximate surface area is 135 Å². The number of nitrogens with one attached hydrogen (secondary N) is 1. The van der Waals surface area contributed by atoms with Crippen LogP contribution >= 0.6 is 0 Å². The third-order valence-corrected chi connectivity index (χ3v) is 4.90. The van der Waals surface area contributed by atoms with Gasteiger partial charge in [0.15, 0.2) is 0 Å². The highest BCUT2D eigenvalue weighted by Gasteiger charge is 2.18. The van der Waals surface area contributed by atoms with Crippen LogP contribution in [0.25, 0.3) is 0 Å². The summed E-state index contributed by atoms with van der Waals surface area (Å²) in [7, 11) is 0. The molecule has 1 aliphatic rings. The Bertz CT molecular complexity index is 439. The topological polar surface area (TPSA) is 35.5 Å². The molecule has 0 amide bonds. The van der Waals surface area contributed by atoms with Crippen LogP contribution in [0.4, 0.5) is 5.69 Å². The second kappa shape index (κ2) is 8.54. The Morgan fingerprint density at radius 2 is 2.00 bits per heavy atom. The fourth-order valence-corrected chi connectivity index (χ4v) is 3.30. The highest BCUT2D eigenvalue weighted by Crippen LogP contribution is 2.21. The number of benzene rings is 1. The van der Waals surface area contributed by atoms with Crippen molar-refractivity contribution in [2.45, 2.75) is 52.6 Å². The maximum absolute atomic E-state index is 9.23. The minimum atomic E-state index is 0.348. The van der Waals surface area contributed by atoms with Gasteiger partial charge in [-0.25, -0.2) is 0 Å². The van der Waals surface area contributed by atoms with Crippen molar-refractivity contribution >= 4 is 5.69 Å². The molecule has 1 saturated heterocycles. The number of likely N-dealkylation sites (tertiary alicyclic amines) is 1. The lowest BCUT2D eigenvalue weighted by atomic mass is 9.97. The van der Waals surface area contributed by atoms with Crippen molar-refractivity contribution < 1.29 is 5.11 Å². The van der Waals surface area contributed by atoms with Crippen LogP contribution in [0.5, 0.6) is 0 Å². The molecule has 1 atom stereocenters. The Hall–Kier alpha value is -1.06. The quantitative estimate of drug-likeness (QED) is 0.805. The molecule has 0 spiro atoms. The van der Waals surface area contributed by atoms with E-state index < -0.39 is 0 Å². The number of nitrogens with zero attached hydrogens (tertiary/aromatic N) is 1. The second-order valence-corrected chi connectivity index (χ2v) is 7.01. The molecule has 1 unspecified atom stereocenters. The first-order valence-electron chi connectivity index (χ1n) is 8.81. The van der Waals surface area contributed by atoms with Crippen molar-refractivity contribution in [1.29, 1.82) is 0 Å². The maximum atomic E-state index is 9.23.